The van der Waals surface area contributed by atoms with E-state index in [2.05, 4.69) is 15.6 Å². The number of ether oxygens (including phenoxy) is 1. The molecule has 3 rings (SSSR count). The van der Waals surface area contributed by atoms with Gasteiger partial charge in [0.1, 0.15) is 11.6 Å². The predicted octanol–water partition coefficient (Wildman–Crippen LogP) is 4.27. The molecule has 0 aliphatic carbocycles. The number of hydrogen-bond donors (Lipinski definition) is 2. The molecule has 32 heavy (non-hydrogen) atoms. The van der Waals surface area contributed by atoms with Gasteiger partial charge in [0.15, 0.2) is 15.8 Å². The molecule has 6 nitrogen and oxygen atoms in total. The highest BCUT2D eigenvalue weighted by atomic mass is 127. The molecule has 1 atom stereocenters. The fourth-order valence-electron chi connectivity index (χ4n) is 3.42. The Morgan fingerprint density at radius 2 is 1.97 bits per heavy atom. The average Bonchev–Trinajstić information content (AvgIpc) is 3.06. The summed E-state index contributed by atoms with van der Waals surface area (Å²) in [6.07, 6.45) is 1.38. The number of guanidine groups is 1. The molecule has 1 fully saturated rings. The molecule has 1 saturated heterocycles. The second-order valence-corrected chi connectivity index (χ2v) is 10.3. The lowest BCUT2D eigenvalue weighted by molar-refractivity contribution is 0.242. The van der Waals surface area contributed by atoms with E-state index in [1.165, 1.54) is 12.1 Å². The molecular formula is C23H31FIN3O3S. The second kappa shape index (κ2) is 12.4. The standard InChI is InChI=1S/C23H30FN3O3S.HI/c1-17(2)30-22-8-6-21(7-9-22)27-23(26-15-19-11-13-31(28,29)16-19)25-12-10-18-4-3-5-20(24)14-18;/h3-9,14,17,19H,10-13,15-16H2,1-2H3,(H2,25,26,27);1H. The fourth-order valence-corrected chi connectivity index (χ4v) is 5.27. The minimum absolute atomic E-state index is 0. The predicted molar refractivity (Wildman–Crippen MR) is 138 cm³/mol. The highest BCUT2D eigenvalue weighted by Gasteiger charge is 2.27. The Balaban J connectivity index is 0.00000363. The molecule has 2 aromatic rings. The first-order chi connectivity index (χ1) is 14.8. The Hall–Kier alpha value is -1.88. The summed E-state index contributed by atoms with van der Waals surface area (Å²) in [6.45, 7) is 4.95. The summed E-state index contributed by atoms with van der Waals surface area (Å²) in [5.74, 6) is 1.56. The maximum absolute atomic E-state index is 13.4. The number of rotatable bonds is 8. The highest BCUT2D eigenvalue weighted by Crippen LogP contribution is 2.19. The number of nitrogens with one attached hydrogen (secondary N) is 2. The van der Waals surface area contributed by atoms with Gasteiger partial charge in [-0.2, -0.15) is 0 Å². The fraction of sp³-hybridized carbons (Fsp3) is 0.435. The summed E-state index contributed by atoms with van der Waals surface area (Å²) in [5.41, 5.74) is 1.73. The van der Waals surface area contributed by atoms with Crippen LogP contribution in [0.3, 0.4) is 0 Å². The van der Waals surface area contributed by atoms with Gasteiger partial charge in [0.2, 0.25) is 0 Å². The molecule has 176 valence electrons. The molecule has 0 aromatic heterocycles. The molecule has 1 unspecified atom stereocenters. The van der Waals surface area contributed by atoms with Crippen LogP contribution in [0.1, 0.15) is 25.8 Å². The van der Waals surface area contributed by atoms with Gasteiger partial charge in [-0.25, -0.2) is 12.8 Å². The third kappa shape index (κ3) is 8.93. The summed E-state index contributed by atoms with van der Waals surface area (Å²) < 4.78 is 42.5. The molecule has 0 amide bonds. The van der Waals surface area contributed by atoms with Crippen molar-refractivity contribution in [2.75, 3.05) is 29.9 Å². The zero-order valence-corrected chi connectivity index (χ0v) is 21.5. The van der Waals surface area contributed by atoms with Gasteiger partial charge in [0.25, 0.3) is 0 Å². The van der Waals surface area contributed by atoms with E-state index in [-0.39, 0.29) is 53.3 Å². The van der Waals surface area contributed by atoms with Gasteiger partial charge in [0, 0.05) is 18.8 Å². The molecule has 0 radical (unpaired) electrons. The molecule has 9 heteroatoms. The molecule has 0 saturated carbocycles. The minimum Gasteiger partial charge on any atom is -0.491 e. The number of benzene rings is 2. The van der Waals surface area contributed by atoms with Crippen molar-refractivity contribution >= 4 is 45.5 Å². The van der Waals surface area contributed by atoms with Crippen molar-refractivity contribution in [2.24, 2.45) is 10.9 Å². The monoisotopic (exact) mass is 575 g/mol. The molecule has 1 aliphatic heterocycles. The van der Waals surface area contributed by atoms with Crippen LogP contribution in [0.25, 0.3) is 0 Å². The zero-order valence-electron chi connectivity index (χ0n) is 18.4. The molecular weight excluding hydrogens is 544 g/mol. The first-order valence-corrected chi connectivity index (χ1v) is 12.4. The van der Waals surface area contributed by atoms with Gasteiger partial charge in [-0.1, -0.05) is 12.1 Å². The smallest absolute Gasteiger partial charge is 0.195 e. The quantitative estimate of drug-likeness (QED) is 0.280. The third-order valence-electron chi connectivity index (χ3n) is 4.92. The van der Waals surface area contributed by atoms with Crippen LogP contribution in [0.5, 0.6) is 5.75 Å². The summed E-state index contributed by atoms with van der Waals surface area (Å²) >= 11 is 0. The molecule has 0 spiro atoms. The molecule has 1 aliphatic rings. The van der Waals surface area contributed by atoms with Crippen LogP contribution < -0.4 is 15.4 Å². The van der Waals surface area contributed by atoms with Crippen molar-refractivity contribution in [3.8, 4) is 5.75 Å². The average molecular weight is 575 g/mol. The lowest BCUT2D eigenvalue weighted by atomic mass is 10.1. The van der Waals surface area contributed by atoms with Crippen LogP contribution >= 0.6 is 24.0 Å². The van der Waals surface area contributed by atoms with Crippen molar-refractivity contribution in [3.05, 3.63) is 59.9 Å². The van der Waals surface area contributed by atoms with Crippen molar-refractivity contribution in [1.29, 1.82) is 0 Å². The van der Waals surface area contributed by atoms with Gasteiger partial charge in [-0.3, -0.25) is 4.99 Å². The summed E-state index contributed by atoms with van der Waals surface area (Å²) in [6, 6.07) is 14.1. The molecule has 2 aromatic carbocycles. The SMILES string of the molecule is CC(C)Oc1ccc(NC(=NCC2CCS(=O)(=O)C2)NCCc2cccc(F)c2)cc1.I. The molecule has 0 bridgehead atoms. The van der Waals surface area contributed by atoms with Crippen molar-refractivity contribution in [3.63, 3.8) is 0 Å². The Bertz CT molecular complexity index is 998. The maximum atomic E-state index is 13.4. The van der Waals surface area contributed by atoms with Crippen LogP contribution in [0.4, 0.5) is 10.1 Å². The first-order valence-electron chi connectivity index (χ1n) is 10.6. The van der Waals surface area contributed by atoms with Crippen molar-refractivity contribution in [1.82, 2.24) is 5.32 Å². The van der Waals surface area contributed by atoms with Crippen LogP contribution in [-0.4, -0.2) is 45.1 Å². The molecule has 2 N–H and O–H groups in total. The highest BCUT2D eigenvalue weighted by molar-refractivity contribution is 14.0. The summed E-state index contributed by atoms with van der Waals surface area (Å²) in [5, 5.41) is 6.53. The van der Waals surface area contributed by atoms with Crippen LogP contribution in [-0.2, 0) is 16.3 Å². The Kier molecular flexibility index (Phi) is 10.2. The second-order valence-electron chi connectivity index (χ2n) is 8.08. The van der Waals surface area contributed by atoms with E-state index in [0.29, 0.717) is 31.9 Å². The van der Waals surface area contributed by atoms with E-state index >= 15 is 0 Å². The van der Waals surface area contributed by atoms with E-state index < -0.39 is 9.84 Å². The first kappa shape index (κ1) is 26.4. The third-order valence-corrected chi connectivity index (χ3v) is 6.76. The van der Waals surface area contributed by atoms with Gasteiger partial charge in [-0.15, -0.1) is 24.0 Å². The van der Waals surface area contributed by atoms with E-state index in [9.17, 15) is 12.8 Å². The lowest BCUT2D eigenvalue weighted by Gasteiger charge is -2.15. The van der Waals surface area contributed by atoms with Crippen LogP contribution in [0, 0.1) is 11.7 Å². The van der Waals surface area contributed by atoms with E-state index in [1.54, 1.807) is 6.07 Å². The number of halogens is 2. The topological polar surface area (TPSA) is 79.8 Å². The van der Waals surface area contributed by atoms with E-state index in [0.717, 1.165) is 17.0 Å². The van der Waals surface area contributed by atoms with Crippen LogP contribution in [0.2, 0.25) is 0 Å². The normalized spacial score (nSPS) is 17.6. The van der Waals surface area contributed by atoms with Gasteiger partial charge < -0.3 is 15.4 Å². The van der Waals surface area contributed by atoms with Crippen LogP contribution in [0.15, 0.2) is 53.5 Å². The van der Waals surface area contributed by atoms with Gasteiger partial charge in [-0.05, 0) is 74.6 Å². The number of sulfone groups is 1. The van der Waals surface area contributed by atoms with E-state index in [4.69, 9.17) is 4.74 Å². The number of nitrogens with zero attached hydrogens (tertiary/aromatic N) is 1. The number of anilines is 1. The Labute approximate surface area is 207 Å². The van der Waals surface area contributed by atoms with Gasteiger partial charge >= 0.3 is 0 Å². The Morgan fingerprint density at radius 1 is 1.22 bits per heavy atom. The lowest BCUT2D eigenvalue weighted by Crippen LogP contribution is -2.33. The zero-order chi connectivity index (χ0) is 22.3. The molecule has 1 heterocycles. The summed E-state index contributed by atoms with van der Waals surface area (Å²) in [7, 11) is -2.93. The minimum atomic E-state index is -2.93. The maximum Gasteiger partial charge on any atom is 0.195 e. The number of hydrogen-bond acceptors (Lipinski definition) is 4. The largest absolute Gasteiger partial charge is 0.491 e. The van der Waals surface area contributed by atoms with E-state index in [1.807, 2.05) is 44.2 Å². The Morgan fingerprint density at radius 3 is 2.59 bits per heavy atom. The van der Waals surface area contributed by atoms with Crippen molar-refractivity contribution < 1.29 is 17.5 Å². The number of aliphatic imine (C=N–C) groups is 1. The van der Waals surface area contributed by atoms with Gasteiger partial charge in [0.05, 0.1) is 17.6 Å². The van der Waals surface area contributed by atoms with Crippen molar-refractivity contribution in [2.45, 2.75) is 32.8 Å². The summed E-state index contributed by atoms with van der Waals surface area (Å²) in [4.78, 5) is 4.61.